The van der Waals surface area contributed by atoms with Gasteiger partial charge in [-0.25, -0.2) is 14.6 Å². The SMILES string of the molecule is CC(=O)N1Cc2cccc(CN(N)/C=C(\N)c3ccccc3)c2C1.COc1ccc(CNC(=O)C(=O)C2CC(F)(F)CN2C(=O)CNC(=O)C2CCC(=O)N2)cc1OC. The summed E-state index contributed by atoms with van der Waals surface area (Å²) in [6.45, 7) is 1.66. The number of hydrogen-bond acceptors (Lipinski definition) is 11. The summed E-state index contributed by atoms with van der Waals surface area (Å²) in [6.07, 6.45) is 1.15. The first-order valence-corrected chi connectivity index (χ1v) is 18.8. The van der Waals surface area contributed by atoms with Gasteiger partial charge in [-0.2, -0.15) is 0 Å². The van der Waals surface area contributed by atoms with E-state index in [4.69, 9.17) is 21.1 Å². The van der Waals surface area contributed by atoms with Crippen LogP contribution in [0.3, 0.4) is 0 Å². The third-order valence-corrected chi connectivity index (χ3v) is 10.0. The molecule has 7 N–H and O–H groups in total. The lowest BCUT2D eigenvalue weighted by Gasteiger charge is -2.23. The van der Waals surface area contributed by atoms with Crippen LogP contribution in [0.25, 0.3) is 5.70 Å². The number of carbonyl (C=O) groups is 6. The number of rotatable bonds is 13. The van der Waals surface area contributed by atoms with Crippen molar-refractivity contribution in [1.29, 1.82) is 0 Å². The number of Topliss-reactive ketones (excluding diaryl/α,β-unsaturated/α-hetero) is 1. The van der Waals surface area contributed by atoms with Crippen LogP contribution in [-0.2, 0) is 54.9 Å². The van der Waals surface area contributed by atoms with E-state index < -0.39 is 61.0 Å². The first-order chi connectivity index (χ1) is 28.1. The maximum absolute atomic E-state index is 14.1. The molecule has 314 valence electrons. The van der Waals surface area contributed by atoms with Gasteiger partial charge in [0.25, 0.3) is 11.8 Å². The van der Waals surface area contributed by atoms with Gasteiger partial charge < -0.3 is 46.0 Å². The van der Waals surface area contributed by atoms with Crippen molar-refractivity contribution < 1.29 is 47.0 Å². The number of carbonyl (C=O) groups excluding carboxylic acids is 6. The highest BCUT2D eigenvalue weighted by molar-refractivity contribution is 6.38. The van der Waals surface area contributed by atoms with Gasteiger partial charge in [0.05, 0.1) is 39.6 Å². The molecule has 0 spiro atoms. The number of methoxy groups -OCH3 is 2. The molecule has 18 heteroatoms. The van der Waals surface area contributed by atoms with Gasteiger partial charge in [0.15, 0.2) is 11.5 Å². The Balaban J connectivity index is 0.000000240. The highest BCUT2D eigenvalue weighted by Crippen LogP contribution is 2.33. The molecule has 0 radical (unpaired) electrons. The number of fused-ring (bicyclic) bond motifs is 1. The topological polar surface area (TPSA) is 219 Å². The molecule has 3 heterocycles. The predicted octanol–water partition coefficient (Wildman–Crippen LogP) is 1.70. The summed E-state index contributed by atoms with van der Waals surface area (Å²) in [6, 6.07) is 18.2. The summed E-state index contributed by atoms with van der Waals surface area (Å²) in [4.78, 5) is 75.0. The maximum atomic E-state index is 14.1. The second-order valence-electron chi connectivity index (χ2n) is 14.3. The van der Waals surface area contributed by atoms with E-state index in [9.17, 15) is 37.5 Å². The summed E-state index contributed by atoms with van der Waals surface area (Å²) in [5.41, 5.74) is 11.7. The molecule has 0 aliphatic carbocycles. The Kier molecular flexibility index (Phi) is 14.2. The van der Waals surface area contributed by atoms with Crippen molar-refractivity contribution in [2.75, 3.05) is 27.3 Å². The number of amides is 5. The van der Waals surface area contributed by atoms with Crippen molar-refractivity contribution in [3.05, 3.63) is 101 Å². The monoisotopic (exact) mass is 818 g/mol. The third kappa shape index (κ3) is 11.3. The van der Waals surface area contributed by atoms with E-state index in [1.807, 2.05) is 41.3 Å². The second-order valence-corrected chi connectivity index (χ2v) is 14.3. The van der Waals surface area contributed by atoms with Gasteiger partial charge in [-0.05, 0) is 46.4 Å². The fourth-order valence-corrected chi connectivity index (χ4v) is 6.91. The minimum Gasteiger partial charge on any atom is -0.493 e. The summed E-state index contributed by atoms with van der Waals surface area (Å²) < 4.78 is 38.5. The molecule has 6 rings (SSSR count). The molecular weight excluding hydrogens is 770 g/mol. The zero-order valence-corrected chi connectivity index (χ0v) is 33.0. The largest absolute Gasteiger partial charge is 0.493 e. The molecule has 0 aromatic heterocycles. The number of likely N-dealkylation sites (tertiary alicyclic amines) is 1. The van der Waals surface area contributed by atoms with E-state index in [0.717, 1.165) is 11.1 Å². The fraction of sp³-hybridized carbons (Fsp3) is 0.366. The lowest BCUT2D eigenvalue weighted by Crippen LogP contribution is -2.51. The van der Waals surface area contributed by atoms with E-state index in [0.29, 0.717) is 47.3 Å². The first-order valence-electron chi connectivity index (χ1n) is 18.8. The zero-order chi connectivity index (χ0) is 42.9. The maximum Gasteiger partial charge on any atom is 0.289 e. The smallest absolute Gasteiger partial charge is 0.289 e. The van der Waals surface area contributed by atoms with Crippen LogP contribution in [0.2, 0.25) is 0 Å². The van der Waals surface area contributed by atoms with Crippen LogP contribution in [-0.4, -0.2) is 95.4 Å². The molecule has 3 aromatic carbocycles. The Bertz CT molecular complexity index is 2100. The number of ether oxygens (including phenoxy) is 2. The van der Waals surface area contributed by atoms with Crippen LogP contribution in [0.1, 0.15) is 54.0 Å². The average Bonchev–Trinajstić information content (AvgIpc) is 3.96. The van der Waals surface area contributed by atoms with E-state index in [2.05, 4.69) is 28.1 Å². The molecule has 3 aliphatic heterocycles. The van der Waals surface area contributed by atoms with Gasteiger partial charge in [-0.1, -0.05) is 54.6 Å². The Morgan fingerprint density at radius 1 is 0.983 bits per heavy atom. The van der Waals surface area contributed by atoms with Crippen molar-refractivity contribution in [3.8, 4) is 11.5 Å². The van der Waals surface area contributed by atoms with E-state index >= 15 is 0 Å². The van der Waals surface area contributed by atoms with Crippen LogP contribution >= 0.6 is 0 Å². The molecule has 2 unspecified atom stereocenters. The Morgan fingerprint density at radius 2 is 1.71 bits per heavy atom. The number of hydrogen-bond donors (Lipinski definition) is 5. The van der Waals surface area contributed by atoms with Gasteiger partial charge in [0.1, 0.15) is 12.1 Å². The highest BCUT2D eigenvalue weighted by Gasteiger charge is 2.51. The number of benzene rings is 3. The van der Waals surface area contributed by atoms with Gasteiger partial charge in [0.2, 0.25) is 29.4 Å². The minimum absolute atomic E-state index is 0.0921. The van der Waals surface area contributed by atoms with Crippen LogP contribution in [0.4, 0.5) is 8.78 Å². The summed E-state index contributed by atoms with van der Waals surface area (Å²) in [5, 5.41) is 8.66. The Hall–Kier alpha value is -6.56. The van der Waals surface area contributed by atoms with Crippen LogP contribution in [0.15, 0.2) is 72.9 Å². The Labute approximate surface area is 339 Å². The lowest BCUT2D eigenvalue weighted by molar-refractivity contribution is -0.144. The molecular formula is C41H48F2N8O8. The number of nitrogens with two attached hydrogens (primary N) is 2. The van der Waals surface area contributed by atoms with Crippen molar-refractivity contribution in [2.24, 2.45) is 11.6 Å². The molecule has 16 nitrogen and oxygen atoms in total. The number of nitrogens with one attached hydrogen (secondary N) is 3. The summed E-state index contributed by atoms with van der Waals surface area (Å²) in [7, 11) is 2.89. The Morgan fingerprint density at radius 3 is 2.37 bits per heavy atom. The third-order valence-electron chi connectivity index (χ3n) is 10.0. The summed E-state index contributed by atoms with van der Waals surface area (Å²) >= 11 is 0. The van der Waals surface area contributed by atoms with Gasteiger partial charge in [0, 0.05) is 45.6 Å². The van der Waals surface area contributed by atoms with Crippen LogP contribution in [0, 0.1) is 0 Å². The first kappa shape index (κ1) is 43.6. The van der Waals surface area contributed by atoms with Gasteiger partial charge in [-0.3, -0.25) is 28.8 Å². The lowest BCUT2D eigenvalue weighted by atomic mass is 10.0. The molecule has 0 bridgehead atoms. The van der Waals surface area contributed by atoms with Crippen molar-refractivity contribution in [3.63, 3.8) is 0 Å². The quantitative estimate of drug-likeness (QED) is 0.0950. The number of hydrazine groups is 1. The van der Waals surface area contributed by atoms with Gasteiger partial charge >= 0.3 is 0 Å². The van der Waals surface area contributed by atoms with Crippen molar-refractivity contribution in [2.45, 2.75) is 70.4 Å². The standard InChI is InChI=1S/C22H26F2N4O7.C19H22N4O/c1-34-15-5-3-12(7-16(15)35-2)9-25-21(33)19(31)14-8-22(23,24)11-28(14)18(30)10-26-20(32)13-4-6-17(29)27-13;1-14(24)22-10-16-8-5-9-17(18(16)12-22)11-23(21)13-19(20)15-6-3-2-4-7-15/h3,5,7,13-14H,4,6,8-11H2,1-2H3,(H,25,33)(H,26,32)(H,27,29);2-9,13H,10-12,20-21H2,1H3/b;19-13-. The van der Waals surface area contributed by atoms with E-state index in [1.165, 1.54) is 25.3 Å². The number of alkyl halides is 2. The van der Waals surface area contributed by atoms with Crippen molar-refractivity contribution in [1.82, 2.24) is 30.8 Å². The zero-order valence-electron chi connectivity index (χ0n) is 33.0. The minimum atomic E-state index is -3.37. The van der Waals surface area contributed by atoms with Crippen molar-refractivity contribution >= 4 is 41.0 Å². The van der Waals surface area contributed by atoms with Gasteiger partial charge in [-0.15, -0.1) is 0 Å². The van der Waals surface area contributed by atoms with Crippen LogP contribution < -0.4 is 37.0 Å². The predicted molar refractivity (Wildman–Crippen MR) is 210 cm³/mol. The molecule has 59 heavy (non-hydrogen) atoms. The summed E-state index contributed by atoms with van der Waals surface area (Å²) in [5.74, 6) is -0.483. The number of nitrogens with zero attached hydrogens (tertiary/aromatic N) is 3. The molecule has 2 atom stereocenters. The number of halogens is 2. The molecule has 3 aliphatic rings. The van der Waals surface area contributed by atoms with Crippen LogP contribution in [0.5, 0.6) is 11.5 Å². The average molecular weight is 819 g/mol. The van der Waals surface area contributed by atoms with E-state index in [-0.39, 0.29) is 31.2 Å². The molecule has 5 amide bonds. The van der Waals surface area contributed by atoms with E-state index in [1.54, 1.807) is 36.3 Å². The fourth-order valence-electron chi connectivity index (χ4n) is 6.91. The highest BCUT2D eigenvalue weighted by atomic mass is 19.3. The molecule has 0 saturated carbocycles. The molecule has 3 aromatic rings. The molecule has 2 fully saturated rings. The second kappa shape index (κ2) is 19.3. The number of ketones is 1. The normalized spacial score (nSPS) is 17.9. The molecule has 2 saturated heterocycles.